The highest BCUT2D eigenvalue weighted by Gasteiger charge is 2.52. The topological polar surface area (TPSA) is 38.2 Å². The number of hydrogen-bond donors (Lipinski definition) is 0. The van der Waals surface area contributed by atoms with Crippen molar-refractivity contribution in [3.05, 3.63) is 210 Å². The number of anilines is 3. The molecular weight excluding hydrogens is 727 g/mol. The summed E-state index contributed by atoms with van der Waals surface area (Å²) in [6.45, 7) is 0. The van der Waals surface area contributed by atoms with Crippen molar-refractivity contribution in [1.82, 2.24) is 9.97 Å². The molecule has 0 saturated heterocycles. The van der Waals surface area contributed by atoms with Gasteiger partial charge in [0.2, 0.25) is 5.95 Å². The van der Waals surface area contributed by atoms with Gasteiger partial charge in [0.05, 0.1) is 32.9 Å². The third-order valence-corrected chi connectivity index (χ3v) is 13.5. The Balaban J connectivity index is 1.09. The van der Waals surface area contributed by atoms with Gasteiger partial charge >= 0.3 is 0 Å². The number of aromatic nitrogens is 2. The van der Waals surface area contributed by atoms with Crippen LogP contribution in [0.4, 0.5) is 17.3 Å². The van der Waals surface area contributed by atoms with E-state index in [0.29, 0.717) is 5.95 Å². The van der Waals surface area contributed by atoms with Gasteiger partial charge in [-0.1, -0.05) is 158 Å². The van der Waals surface area contributed by atoms with Crippen LogP contribution in [0.1, 0.15) is 22.3 Å². The third kappa shape index (κ3) is 4.18. The molecule has 58 heavy (non-hydrogen) atoms. The SMILES string of the molecule is c1ccc(-c2cc(-c3cccc4c3-c3ccccc3C43c4ccccc4-c4ccccc43)nc(N3c4ccccc4Oc4c3ccc3c4sc4ccccc43)n2)cc1. The van der Waals surface area contributed by atoms with Crippen LogP contribution in [0.3, 0.4) is 0 Å². The maximum Gasteiger partial charge on any atom is 0.236 e. The maximum absolute atomic E-state index is 6.83. The van der Waals surface area contributed by atoms with Gasteiger partial charge in [-0.05, 0) is 74.8 Å². The summed E-state index contributed by atoms with van der Waals surface area (Å²) in [7, 11) is 0. The molecule has 0 atom stereocenters. The van der Waals surface area contributed by atoms with E-state index in [1.165, 1.54) is 60.0 Å². The lowest BCUT2D eigenvalue weighted by Crippen LogP contribution is -2.25. The average Bonchev–Trinajstić information content (AvgIpc) is 3.93. The van der Waals surface area contributed by atoms with Crippen LogP contribution in [0.15, 0.2) is 188 Å². The predicted octanol–water partition coefficient (Wildman–Crippen LogP) is 14.1. The molecule has 0 bridgehead atoms. The lowest BCUT2D eigenvalue weighted by molar-refractivity contribution is 0.483. The molecule has 0 radical (unpaired) electrons. The second kappa shape index (κ2) is 11.8. The van der Waals surface area contributed by atoms with Crippen LogP contribution < -0.4 is 9.64 Å². The second-order valence-corrected chi connectivity index (χ2v) is 16.3. The summed E-state index contributed by atoms with van der Waals surface area (Å²) in [5.74, 6) is 2.18. The van der Waals surface area contributed by atoms with Crippen molar-refractivity contribution in [2.24, 2.45) is 0 Å². The summed E-state index contributed by atoms with van der Waals surface area (Å²) in [5.41, 5.74) is 15.4. The molecule has 0 unspecified atom stereocenters. The highest BCUT2D eigenvalue weighted by atomic mass is 32.1. The summed E-state index contributed by atoms with van der Waals surface area (Å²) in [6.07, 6.45) is 0. The number of rotatable bonds is 3. The fraction of sp³-hybridized carbons (Fsp3) is 0.0189. The van der Waals surface area contributed by atoms with E-state index >= 15 is 0 Å². The fourth-order valence-electron chi connectivity index (χ4n) is 10.00. The Morgan fingerprint density at radius 2 is 1.09 bits per heavy atom. The molecule has 3 aliphatic rings. The molecule has 4 nitrogen and oxygen atoms in total. The molecule has 1 aliphatic heterocycles. The minimum absolute atomic E-state index is 0.453. The Labute approximate surface area is 338 Å². The van der Waals surface area contributed by atoms with Gasteiger partial charge in [0.1, 0.15) is 0 Å². The van der Waals surface area contributed by atoms with Gasteiger partial charge in [-0.25, -0.2) is 9.97 Å². The van der Waals surface area contributed by atoms with E-state index in [1.807, 2.05) is 12.1 Å². The molecule has 13 rings (SSSR count). The summed E-state index contributed by atoms with van der Waals surface area (Å²) in [5, 5.41) is 2.41. The third-order valence-electron chi connectivity index (χ3n) is 12.3. The molecule has 0 fully saturated rings. The van der Waals surface area contributed by atoms with E-state index in [0.717, 1.165) is 50.1 Å². The first-order chi connectivity index (χ1) is 28.8. The van der Waals surface area contributed by atoms with Crippen LogP contribution in [0.2, 0.25) is 0 Å². The van der Waals surface area contributed by atoms with Crippen LogP contribution >= 0.6 is 11.3 Å². The zero-order chi connectivity index (χ0) is 38.0. The molecule has 270 valence electrons. The highest BCUT2D eigenvalue weighted by molar-refractivity contribution is 7.26. The van der Waals surface area contributed by atoms with E-state index in [2.05, 4.69) is 181 Å². The average molecular weight is 758 g/mol. The second-order valence-electron chi connectivity index (χ2n) is 15.2. The summed E-state index contributed by atoms with van der Waals surface area (Å²) < 4.78 is 9.16. The molecule has 2 aliphatic carbocycles. The monoisotopic (exact) mass is 757 g/mol. The Morgan fingerprint density at radius 3 is 1.90 bits per heavy atom. The standard InChI is InChI=1S/C53H31N3OS/c1-2-15-32(16-3-1)43-31-44(55-52(54-43)56-45-26-11-12-27-47(45)57-50-46(56)30-29-36-35-19-7-13-28-48(35)58-51(36)50)38-21-14-25-42-49(38)37-20-6-10-24-41(37)53(42)39-22-8-4-17-33(39)34-18-5-9-23-40(34)53/h1-31H. The Hall–Kier alpha value is -7.34. The smallest absolute Gasteiger partial charge is 0.236 e. The van der Waals surface area contributed by atoms with Crippen molar-refractivity contribution in [2.45, 2.75) is 5.41 Å². The molecule has 2 aromatic heterocycles. The van der Waals surface area contributed by atoms with Crippen LogP contribution in [-0.2, 0) is 5.41 Å². The van der Waals surface area contributed by atoms with Crippen LogP contribution in [0, 0.1) is 0 Å². The Kier molecular flexibility index (Phi) is 6.49. The van der Waals surface area contributed by atoms with Gasteiger partial charge in [-0.2, -0.15) is 0 Å². The number of hydrogen-bond acceptors (Lipinski definition) is 5. The molecule has 0 amide bonds. The van der Waals surface area contributed by atoms with Gasteiger partial charge < -0.3 is 4.74 Å². The summed E-state index contributed by atoms with van der Waals surface area (Å²) in [6, 6.07) is 67.5. The van der Waals surface area contributed by atoms with E-state index in [1.54, 1.807) is 11.3 Å². The Bertz CT molecular complexity index is 3300. The number of fused-ring (bicyclic) bond motifs is 16. The van der Waals surface area contributed by atoms with E-state index in [4.69, 9.17) is 14.7 Å². The van der Waals surface area contributed by atoms with Gasteiger partial charge in [-0.15, -0.1) is 11.3 Å². The normalized spacial score (nSPS) is 13.8. The zero-order valence-electron chi connectivity index (χ0n) is 31.1. The molecule has 3 heterocycles. The van der Waals surface area contributed by atoms with E-state index in [-0.39, 0.29) is 0 Å². The first kappa shape index (κ1) is 31.8. The van der Waals surface area contributed by atoms with Crippen molar-refractivity contribution >= 4 is 48.8 Å². The van der Waals surface area contributed by atoms with E-state index < -0.39 is 5.41 Å². The minimum Gasteiger partial charge on any atom is -0.451 e. The quantitative estimate of drug-likeness (QED) is 0.180. The number of para-hydroxylation sites is 2. The Morgan fingerprint density at radius 1 is 0.466 bits per heavy atom. The van der Waals surface area contributed by atoms with Crippen molar-refractivity contribution in [3.63, 3.8) is 0 Å². The molecule has 0 saturated carbocycles. The van der Waals surface area contributed by atoms with Crippen molar-refractivity contribution in [1.29, 1.82) is 0 Å². The van der Waals surface area contributed by atoms with E-state index in [9.17, 15) is 0 Å². The van der Waals surface area contributed by atoms with Gasteiger partial charge in [-0.3, -0.25) is 4.90 Å². The number of thiophene rings is 1. The molecular formula is C53H31N3OS. The fourth-order valence-corrected chi connectivity index (χ4v) is 11.2. The maximum atomic E-state index is 6.83. The van der Waals surface area contributed by atoms with Gasteiger partial charge in [0.25, 0.3) is 0 Å². The van der Waals surface area contributed by atoms with Crippen LogP contribution in [0.25, 0.3) is 64.9 Å². The van der Waals surface area contributed by atoms with Gasteiger partial charge in [0, 0.05) is 26.6 Å². The van der Waals surface area contributed by atoms with Gasteiger partial charge in [0.15, 0.2) is 11.5 Å². The molecule has 8 aromatic carbocycles. The zero-order valence-corrected chi connectivity index (χ0v) is 31.9. The summed E-state index contributed by atoms with van der Waals surface area (Å²) >= 11 is 1.76. The summed E-state index contributed by atoms with van der Waals surface area (Å²) in [4.78, 5) is 13.2. The number of ether oxygens (including phenoxy) is 1. The largest absolute Gasteiger partial charge is 0.451 e. The molecule has 5 heteroatoms. The predicted molar refractivity (Wildman–Crippen MR) is 237 cm³/mol. The lowest BCUT2D eigenvalue weighted by atomic mass is 9.70. The van der Waals surface area contributed by atoms with Crippen LogP contribution in [0.5, 0.6) is 11.5 Å². The molecule has 1 spiro atoms. The highest BCUT2D eigenvalue weighted by Crippen LogP contribution is 2.64. The van der Waals surface area contributed by atoms with Crippen molar-refractivity contribution in [2.75, 3.05) is 4.90 Å². The number of benzene rings is 8. The minimum atomic E-state index is -0.453. The molecule has 10 aromatic rings. The number of nitrogens with zero attached hydrogens (tertiary/aromatic N) is 3. The first-order valence-electron chi connectivity index (χ1n) is 19.7. The van der Waals surface area contributed by atoms with Crippen LogP contribution in [-0.4, -0.2) is 9.97 Å². The van der Waals surface area contributed by atoms with Crippen molar-refractivity contribution in [3.8, 4) is 56.3 Å². The molecule has 0 N–H and O–H groups in total. The lowest BCUT2D eigenvalue weighted by Gasteiger charge is -2.32. The van der Waals surface area contributed by atoms with Crippen molar-refractivity contribution < 1.29 is 4.74 Å². The first-order valence-corrected chi connectivity index (χ1v) is 20.5.